The summed E-state index contributed by atoms with van der Waals surface area (Å²) in [5, 5.41) is 2.97. The summed E-state index contributed by atoms with van der Waals surface area (Å²) in [5.74, 6) is -0.359. The summed E-state index contributed by atoms with van der Waals surface area (Å²) in [4.78, 5) is 12.6. The molecule has 1 aromatic rings. The Labute approximate surface area is 90.1 Å². The van der Waals surface area contributed by atoms with Crippen LogP contribution in [0, 0.1) is 6.92 Å². The van der Waals surface area contributed by atoms with Gasteiger partial charge >= 0.3 is 0 Å². The highest BCUT2D eigenvalue weighted by Gasteiger charge is 2.02. The van der Waals surface area contributed by atoms with Crippen LogP contribution < -0.4 is 16.0 Å². The molecular weight excluding hydrogens is 190 g/mol. The first-order valence-corrected chi connectivity index (χ1v) is 4.81. The first kappa shape index (κ1) is 11.4. The second-order valence-electron chi connectivity index (χ2n) is 3.72. The summed E-state index contributed by atoms with van der Waals surface area (Å²) in [7, 11) is 3.97. The molecule has 1 aromatic carbocycles. The quantitative estimate of drug-likeness (QED) is 0.773. The number of nitrogens with one attached hydrogen (secondary N) is 1. The Balaban J connectivity index is 2.83. The number of carbonyl (C=O) groups is 1. The molecule has 0 aliphatic carbocycles. The molecule has 0 radical (unpaired) electrons. The van der Waals surface area contributed by atoms with Crippen molar-refractivity contribution >= 4 is 17.3 Å². The van der Waals surface area contributed by atoms with Crippen LogP contribution in [0.5, 0.6) is 0 Å². The molecule has 0 spiro atoms. The summed E-state index contributed by atoms with van der Waals surface area (Å²) in [6.45, 7) is 2.21. The fourth-order valence-electron chi connectivity index (χ4n) is 1.39. The highest BCUT2D eigenvalue weighted by molar-refractivity contribution is 5.79. The zero-order valence-corrected chi connectivity index (χ0v) is 9.37. The van der Waals surface area contributed by atoms with E-state index in [0.717, 1.165) is 11.4 Å². The normalized spacial score (nSPS) is 9.80. The van der Waals surface area contributed by atoms with Crippen LogP contribution >= 0.6 is 0 Å². The van der Waals surface area contributed by atoms with E-state index in [1.807, 2.05) is 44.1 Å². The lowest BCUT2D eigenvalue weighted by Gasteiger charge is -2.17. The van der Waals surface area contributed by atoms with Crippen molar-refractivity contribution in [3.8, 4) is 0 Å². The number of amides is 1. The van der Waals surface area contributed by atoms with Crippen molar-refractivity contribution in [2.75, 3.05) is 30.9 Å². The number of aryl methyl sites for hydroxylation is 1. The van der Waals surface area contributed by atoms with Gasteiger partial charge in [-0.05, 0) is 24.6 Å². The molecule has 0 saturated heterocycles. The Kier molecular flexibility index (Phi) is 3.55. The molecule has 82 valence electrons. The SMILES string of the molecule is Cc1ccc(NCC(N)=O)cc1N(C)C. The molecule has 0 fully saturated rings. The minimum Gasteiger partial charge on any atom is -0.377 e. The van der Waals surface area contributed by atoms with Gasteiger partial charge in [-0.3, -0.25) is 4.79 Å². The number of nitrogens with zero attached hydrogens (tertiary/aromatic N) is 1. The summed E-state index contributed by atoms with van der Waals surface area (Å²) in [5.41, 5.74) is 8.29. The van der Waals surface area contributed by atoms with Crippen LogP contribution in [0.15, 0.2) is 18.2 Å². The highest BCUT2D eigenvalue weighted by Crippen LogP contribution is 2.22. The van der Waals surface area contributed by atoms with Crippen molar-refractivity contribution in [2.45, 2.75) is 6.92 Å². The van der Waals surface area contributed by atoms with Gasteiger partial charge in [0.2, 0.25) is 5.91 Å². The summed E-state index contributed by atoms with van der Waals surface area (Å²) in [6.07, 6.45) is 0. The number of primary amides is 1. The number of hydrogen-bond acceptors (Lipinski definition) is 3. The van der Waals surface area contributed by atoms with Gasteiger partial charge in [-0.2, -0.15) is 0 Å². The third kappa shape index (κ3) is 3.16. The maximum atomic E-state index is 10.6. The van der Waals surface area contributed by atoms with E-state index in [1.165, 1.54) is 5.56 Å². The predicted octanol–water partition coefficient (Wildman–Crippen LogP) is 0.958. The average Bonchev–Trinajstić information content (AvgIpc) is 2.16. The van der Waals surface area contributed by atoms with Gasteiger partial charge in [0.15, 0.2) is 0 Å². The van der Waals surface area contributed by atoms with Crippen LogP contribution in [-0.2, 0) is 4.79 Å². The minimum atomic E-state index is -0.359. The van der Waals surface area contributed by atoms with E-state index in [9.17, 15) is 4.79 Å². The zero-order valence-electron chi connectivity index (χ0n) is 9.37. The predicted molar refractivity (Wildman–Crippen MR) is 63.2 cm³/mol. The molecule has 0 aliphatic heterocycles. The first-order valence-electron chi connectivity index (χ1n) is 4.81. The second-order valence-corrected chi connectivity index (χ2v) is 3.72. The van der Waals surface area contributed by atoms with Gasteiger partial charge in [-0.25, -0.2) is 0 Å². The molecule has 4 heteroatoms. The summed E-state index contributed by atoms with van der Waals surface area (Å²) in [6, 6.07) is 5.95. The summed E-state index contributed by atoms with van der Waals surface area (Å²) >= 11 is 0. The van der Waals surface area contributed by atoms with Crippen molar-refractivity contribution in [3.63, 3.8) is 0 Å². The number of anilines is 2. The summed E-state index contributed by atoms with van der Waals surface area (Å²) < 4.78 is 0. The van der Waals surface area contributed by atoms with Gasteiger partial charge < -0.3 is 16.0 Å². The van der Waals surface area contributed by atoms with E-state index in [0.29, 0.717) is 0 Å². The van der Waals surface area contributed by atoms with Gasteiger partial charge in [0.1, 0.15) is 0 Å². The molecule has 0 aromatic heterocycles. The van der Waals surface area contributed by atoms with E-state index in [2.05, 4.69) is 5.32 Å². The smallest absolute Gasteiger partial charge is 0.236 e. The van der Waals surface area contributed by atoms with Crippen LogP contribution in [0.3, 0.4) is 0 Å². The molecule has 0 bridgehead atoms. The average molecular weight is 207 g/mol. The van der Waals surface area contributed by atoms with E-state index >= 15 is 0 Å². The molecule has 15 heavy (non-hydrogen) atoms. The van der Waals surface area contributed by atoms with Crippen LogP contribution in [0.25, 0.3) is 0 Å². The Bertz CT molecular complexity index is 361. The molecule has 0 atom stereocenters. The Hall–Kier alpha value is -1.71. The number of hydrogen-bond donors (Lipinski definition) is 2. The number of rotatable bonds is 4. The third-order valence-corrected chi connectivity index (χ3v) is 2.16. The Morgan fingerprint density at radius 1 is 1.47 bits per heavy atom. The van der Waals surface area contributed by atoms with Crippen LogP contribution in [-0.4, -0.2) is 26.5 Å². The van der Waals surface area contributed by atoms with E-state index < -0.39 is 0 Å². The van der Waals surface area contributed by atoms with E-state index in [4.69, 9.17) is 5.73 Å². The molecule has 3 N–H and O–H groups in total. The maximum Gasteiger partial charge on any atom is 0.236 e. The van der Waals surface area contributed by atoms with Gasteiger partial charge in [-0.15, -0.1) is 0 Å². The van der Waals surface area contributed by atoms with Crippen LogP contribution in [0.1, 0.15) is 5.56 Å². The van der Waals surface area contributed by atoms with Gasteiger partial charge in [-0.1, -0.05) is 6.07 Å². The van der Waals surface area contributed by atoms with Gasteiger partial charge in [0, 0.05) is 25.5 Å². The minimum absolute atomic E-state index is 0.163. The van der Waals surface area contributed by atoms with E-state index in [1.54, 1.807) is 0 Å². The largest absolute Gasteiger partial charge is 0.377 e. The van der Waals surface area contributed by atoms with Crippen molar-refractivity contribution in [1.82, 2.24) is 0 Å². The molecule has 0 aliphatic rings. The first-order chi connectivity index (χ1) is 7.00. The van der Waals surface area contributed by atoms with Gasteiger partial charge in [0.25, 0.3) is 0 Å². The lowest BCUT2D eigenvalue weighted by molar-refractivity contribution is -0.116. The molecule has 0 unspecified atom stereocenters. The number of nitrogens with two attached hydrogens (primary N) is 1. The lowest BCUT2D eigenvalue weighted by Crippen LogP contribution is -2.22. The van der Waals surface area contributed by atoms with Crippen molar-refractivity contribution in [1.29, 1.82) is 0 Å². The zero-order chi connectivity index (χ0) is 11.4. The molecule has 0 heterocycles. The lowest BCUT2D eigenvalue weighted by atomic mass is 10.1. The fourth-order valence-corrected chi connectivity index (χ4v) is 1.39. The number of carbonyl (C=O) groups excluding carboxylic acids is 1. The fraction of sp³-hybridized carbons (Fsp3) is 0.364. The topological polar surface area (TPSA) is 58.4 Å². The third-order valence-electron chi connectivity index (χ3n) is 2.16. The second kappa shape index (κ2) is 4.68. The maximum absolute atomic E-state index is 10.6. The standard InChI is InChI=1S/C11H17N3O/c1-8-4-5-9(13-7-11(12)15)6-10(8)14(2)3/h4-6,13H,7H2,1-3H3,(H2,12,15). The van der Waals surface area contributed by atoms with Crippen molar-refractivity contribution in [3.05, 3.63) is 23.8 Å². The molecule has 1 rings (SSSR count). The number of benzene rings is 1. The van der Waals surface area contributed by atoms with Crippen molar-refractivity contribution < 1.29 is 4.79 Å². The van der Waals surface area contributed by atoms with Gasteiger partial charge in [0.05, 0.1) is 6.54 Å². The Morgan fingerprint density at radius 3 is 2.67 bits per heavy atom. The van der Waals surface area contributed by atoms with Crippen LogP contribution in [0.4, 0.5) is 11.4 Å². The molecule has 0 saturated carbocycles. The monoisotopic (exact) mass is 207 g/mol. The molecular formula is C11H17N3O. The van der Waals surface area contributed by atoms with Crippen molar-refractivity contribution in [2.24, 2.45) is 5.73 Å². The van der Waals surface area contributed by atoms with Crippen LogP contribution in [0.2, 0.25) is 0 Å². The highest BCUT2D eigenvalue weighted by atomic mass is 16.1. The van der Waals surface area contributed by atoms with E-state index in [-0.39, 0.29) is 12.5 Å². The molecule has 1 amide bonds. The molecule has 4 nitrogen and oxygen atoms in total. The Morgan fingerprint density at radius 2 is 2.13 bits per heavy atom.